The van der Waals surface area contributed by atoms with Gasteiger partial charge in [-0.3, -0.25) is 0 Å². The molecule has 24 heavy (non-hydrogen) atoms. The Labute approximate surface area is 144 Å². The molecule has 0 bridgehead atoms. The predicted molar refractivity (Wildman–Crippen MR) is 94.7 cm³/mol. The van der Waals surface area contributed by atoms with Crippen LogP contribution in [0.1, 0.15) is 45.6 Å². The fourth-order valence-corrected chi connectivity index (χ4v) is 3.39. The van der Waals surface area contributed by atoms with Crippen LogP contribution in [0.2, 0.25) is 0 Å². The highest BCUT2D eigenvalue weighted by Gasteiger charge is 2.40. The normalized spacial score (nSPS) is 27.4. The zero-order valence-corrected chi connectivity index (χ0v) is 15.0. The molecule has 1 N–H and O–H groups in total. The molecule has 4 nitrogen and oxygen atoms in total. The van der Waals surface area contributed by atoms with Crippen molar-refractivity contribution in [2.45, 2.75) is 51.7 Å². The molecule has 0 unspecified atom stereocenters. The van der Waals surface area contributed by atoms with Crippen molar-refractivity contribution in [3.05, 3.63) is 35.9 Å². The van der Waals surface area contributed by atoms with E-state index in [1.807, 2.05) is 31.2 Å². The van der Waals surface area contributed by atoms with E-state index in [4.69, 9.17) is 9.47 Å². The fraction of sp³-hybridized carbons (Fsp3) is 0.550. The standard InChI is InChI=1S/C20H28O4/c1-14(2)17-11-12-20(3,13-18(17)21)24-19(22)10-7-15-5-8-16(23-4)9-6-15/h5-10,14,17-18,21H,11-13H2,1-4H3/b10-7+/t17-,18+,20+/m0/s1. The number of ether oxygens (including phenoxy) is 2. The molecule has 2 rings (SSSR count). The highest BCUT2D eigenvalue weighted by atomic mass is 16.6. The van der Waals surface area contributed by atoms with Crippen molar-refractivity contribution in [2.24, 2.45) is 11.8 Å². The van der Waals surface area contributed by atoms with Crippen LogP contribution < -0.4 is 4.74 Å². The molecule has 132 valence electrons. The number of aliphatic hydroxyl groups excluding tert-OH is 1. The molecule has 1 aromatic carbocycles. The third-order valence-corrected chi connectivity index (χ3v) is 4.87. The lowest BCUT2D eigenvalue weighted by atomic mass is 9.73. The van der Waals surface area contributed by atoms with Gasteiger partial charge in [-0.1, -0.05) is 26.0 Å². The minimum Gasteiger partial charge on any atom is -0.497 e. The number of hydrogen-bond donors (Lipinski definition) is 1. The first-order valence-corrected chi connectivity index (χ1v) is 8.56. The SMILES string of the molecule is COc1ccc(/C=C/C(=O)O[C@]2(C)CC[C@@H](C(C)C)[C@H](O)C2)cc1. The third-order valence-electron chi connectivity index (χ3n) is 4.87. The third kappa shape index (κ3) is 4.84. The summed E-state index contributed by atoms with van der Waals surface area (Å²) in [7, 11) is 1.62. The maximum absolute atomic E-state index is 12.1. The molecule has 0 saturated heterocycles. The minimum absolute atomic E-state index is 0.284. The average Bonchev–Trinajstić information content (AvgIpc) is 2.52. The number of rotatable bonds is 5. The van der Waals surface area contributed by atoms with Gasteiger partial charge in [-0.05, 0) is 55.4 Å². The Bertz CT molecular complexity index is 576. The lowest BCUT2D eigenvalue weighted by Gasteiger charge is -2.41. The van der Waals surface area contributed by atoms with Gasteiger partial charge in [0.15, 0.2) is 0 Å². The van der Waals surface area contributed by atoms with Gasteiger partial charge in [0.2, 0.25) is 0 Å². The number of methoxy groups -OCH3 is 1. The number of carbonyl (C=O) groups is 1. The molecule has 0 amide bonds. The summed E-state index contributed by atoms with van der Waals surface area (Å²) in [5.41, 5.74) is 0.313. The molecule has 3 atom stereocenters. The second-order valence-electron chi connectivity index (χ2n) is 7.20. The topological polar surface area (TPSA) is 55.8 Å². The van der Waals surface area contributed by atoms with Crippen molar-refractivity contribution in [1.82, 2.24) is 0 Å². The van der Waals surface area contributed by atoms with Crippen LogP contribution in [-0.2, 0) is 9.53 Å². The summed E-state index contributed by atoms with van der Waals surface area (Å²) in [4.78, 5) is 12.1. The van der Waals surface area contributed by atoms with Crippen LogP contribution in [0.25, 0.3) is 6.08 Å². The van der Waals surface area contributed by atoms with Crippen LogP contribution in [0, 0.1) is 11.8 Å². The molecule has 1 aliphatic rings. The van der Waals surface area contributed by atoms with Crippen LogP contribution >= 0.6 is 0 Å². The molecule has 0 aromatic heterocycles. The molecule has 0 heterocycles. The number of hydrogen-bond acceptors (Lipinski definition) is 4. The van der Waals surface area contributed by atoms with E-state index in [9.17, 15) is 9.90 Å². The Morgan fingerprint density at radius 3 is 2.54 bits per heavy atom. The summed E-state index contributed by atoms with van der Waals surface area (Å²) in [6.07, 6.45) is 4.91. The van der Waals surface area contributed by atoms with E-state index < -0.39 is 11.7 Å². The first-order valence-electron chi connectivity index (χ1n) is 8.56. The Morgan fingerprint density at radius 1 is 1.33 bits per heavy atom. The van der Waals surface area contributed by atoms with Gasteiger partial charge in [0.1, 0.15) is 11.4 Å². The molecular weight excluding hydrogens is 304 g/mol. The van der Waals surface area contributed by atoms with Gasteiger partial charge in [0, 0.05) is 12.5 Å². The molecule has 1 saturated carbocycles. The summed E-state index contributed by atoms with van der Waals surface area (Å²) < 4.78 is 10.7. The number of aliphatic hydroxyl groups is 1. The van der Waals surface area contributed by atoms with Crippen molar-refractivity contribution in [2.75, 3.05) is 7.11 Å². The van der Waals surface area contributed by atoms with Crippen molar-refractivity contribution in [1.29, 1.82) is 0 Å². The van der Waals surface area contributed by atoms with E-state index in [-0.39, 0.29) is 11.9 Å². The fourth-order valence-electron chi connectivity index (χ4n) is 3.39. The van der Waals surface area contributed by atoms with Gasteiger partial charge in [-0.25, -0.2) is 4.79 Å². The van der Waals surface area contributed by atoms with E-state index in [0.29, 0.717) is 12.3 Å². The van der Waals surface area contributed by atoms with Crippen molar-refractivity contribution < 1.29 is 19.4 Å². The number of carbonyl (C=O) groups excluding carboxylic acids is 1. The molecule has 1 fully saturated rings. The van der Waals surface area contributed by atoms with E-state index in [2.05, 4.69) is 13.8 Å². The molecule has 4 heteroatoms. The van der Waals surface area contributed by atoms with Crippen LogP contribution in [0.15, 0.2) is 30.3 Å². The summed E-state index contributed by atoms with van der Waals surface area (Å²) in [5, 5.41) is 10.3. The van der Waals surface area contributed by atoms with Crippen molar-refractivity contribution >= 4 is 12.0 Å². The van der Waals surface area contributed by atoms with Gasteiger partial charge < -0.3 is 14.6 Å². The Balaban J connectivity index is 1.92. The molecule has 0 aliphatic heterocycles. The van der Waals surface area contributed by atoms with Gasteiger partial charge in [0.25, 0.3) is 0 Å². The zero-order chi connectivity index (χ0) is 17.7. The van der Waals surface area contributed by atoms with Gasteiger partial charge in [-0.15, -0.1) is 0 Å². The van der Waals surface area contributed by atoms with Crippen LogP contribution in [0.4, 0.5) is 0 Å². The maximum atomic E-state index is 12.1. The van der Waals surface area contributed by atoms with Crippen molar-refractivity contribution in [3.8, 4) is 5.75 Å². The van der Waals surface area contributed by atoms with E-state index in [1.54, 1.807) is 13.2 Å². The minimum atomic E-state index is -0.591. The molecular formula is C20H28O4. The maximum Gasteiger partial charge on any atom is 0.331 e. The Hall–Kier alpha value is -1.81. The predicted octanol–water partition coefficient (Wildman–Crippen LogP) is 3.83. The van der Waals surface area contributed by atoms with Crippen LogP contribution in [-0.4, -0.2) is 29.9 Å². The highest BCUT2D eigenvalue weighted by molar-refractivity contribution is 5.87. The first-order chi connectivity index (χ1) is 11.3. The summed E-state index contributed by atoms with van der Waals surface area (Å²) in [5.74, 6) is 1.13. The van der Waals surface area contributed by atoms with Crippen LogP contribution in [0.5, 0.6) is 5.75 Å². The lowest BCUT2D eigenvalue weighted by molar-refractivity contribution is -0.161. The Kier molecular flexibility index (Phi) is 6.05. The molecule has 0 radical (unpaired) electrons. The van der Waals surface area contributed by atoms with E-state index in [0.717, 1.165) is 24.2 Å². The average molecular weight is 332 g/mol. The Morgan fingerprint density at radius 2 is 2.00 bits per heavy atom. The second-order valence-corrected chi connectivity index (χ2v) is 7.20. The van der Waals surface area contributed by atoms with E-state index >= 15 is 0 Å². The number of benzene rings is 1. The largest absolute Gasteiger partial charge is 0.497 e. The highest BCUT2D eigenvalue weighted by Crippen LogP contribution is 2.38. The molecule has 0 spiro atoms. The quantitative estimate of drug-likeness (QED) is 0.658. The lowest BCUT2D eigenvalue weighted by Crippen LogP contribution is -2.44. The first kappa shape index (κ1) is 18.5. The van der Waals surface area contributed by atoms with Crippen molar-refractivity contribution in [3.63, 3.8) is 0 Å². The molecule has 1 aliphatic carbocycles. The van der Waals surface area contributed by atoms with E-state index in [1.165, 1.54) is 6.08 Å². The number of esters is 1. The summed E-state index contributed by atoms with van der Waals surface area (Å²) in [6, 6.07) is 7.44. The van der Waals surface area contributed by atoms with Gasteiger partial charge in [-0.2, -0.15) is 0 Å². The van der Waals surface area contributed by atoms with Gasteiger partial charge >= 0.3 is 5.97 Å². The smallest absolute Gasteiger partial charge is 0.331 e. The molecule has 1 aromatic rings. The summed E-state index contributed by atoms with van der Waals surface area (Å²) >= 11 is 0. The summed E-state index contributed by atoms with van der Waals surface area (Å²) in [6.45, 7) is 6.16. The second kappa shape index (κ2) is 7.84. The van der Waals surface area contributed by atoms with Crippen LogP contribution in [0.3, 0.4) is 0 Å². The van der Waals surface area contributed by atoms with Gasteiger partial charge in [0.05, 0.1) is 13.2 Å². The zero-order valence-electron chi connectivity index (χ0n) is 15.0. The monoisotopic (exact) mass is 332 g/mol.